The quantitative estimate of drug-likeness (QED) is 0.526. The van der Waals surface area contributed by atoms with Gasteiger partial charge in [0.25, 0.3) is 0 Å². The molecule has 2 aliphatic carbocycles. The maximum absolute atomic E-state index is 6.38. The topological polar surface area (TPSA) is 9.23 Å². The Morgan fingerprint density at radius 2 is 1.95 bits per heavy atom. The van der Waals surface area contributed by atoms with E-state index in [9.17, 15) is 0 Å². The summed E-state index contributed by atoms with van der Waals surface area (Å²) in [6.07, 6.45) is 13.5. The van der Waals surface area contributed by atoms with E-state index < -0.39 is 8.07 Å². The molecule has 0 saturated carbocycles. The molecule has 1 atom stereocenters. The molecule has 0 N–H and O–H groups in total. The van der Waals surface area contributed by atoms with Crippen LogP contribution in [0.1, 0.15) is 26.7 Å². The molecule has 0 heterocycles. The summed E-state index contributed by atoms with van der Waals surface area (Å²) < 4.78 is 7.92. The molecular formula is C16H23Cl2OSiTi. The number of hydrogen-bond donors (Lipinski definition) is 0. The SMILES string of the molecule is CCOC1([Si](C)(C)C2=[C]([Ti+2])CC=C2)CC=CC=C1C.[Cl-].[Cl-]. The zero-order valence-electron chi connectivity index (χ0n) is 13.2. The second kappa shape index (κ2) is 8.33. The Kier molecular flexibility index (Phi) is 8.50. The van der Waals surface area contributed by atoms with Crippen molar-refractivity contribution in [1.29, 1.82) is 0 Å². The van der Waals surface area contributed by atoms with Crippen LogP contribution in [0.3, 0.4) is 0 Å². The van der Waals surface area contributed by atoms with Crippen LogP contribution in [0.2, 0.25) is 13.1 Å². The minimum absolute atomic E-state index is 0. The molecule has 1 nitrogen and oxygen atoms in total. The van der Waals surface area contributed by atoms with E-state index in [0.717, 1.165) is 19.4 Å². The first-order valence-electron chi connectivity index (χ1n) is 7.05. The van der Waals surface area contributed by atoms with Crippen molar-refractivity contribution in [3.63, 3.8) is 0 Å². The molecule has 0 aromatic carbocycles. The summed E-state index contributed by atoms with van der Waals surface area (Å²) in [7, 11) is -1.72. The van der Waals surface area contributed by atoms with Crippen molar-refractivity contribution in [3.05, 3.63) is 45.0 Å². The molecule has 0 fully saturated rings. The van der Waals surface area contributed by atoms with Gasteiger partial charge in [0, 0.05) is 0 Å². The molecule has 0 bridgehead atoms. The Morgan fingerprint density at radius 3 is 2.43 bits per heavy atom. The monoisotopic (exact) mass is 377 g/mol. The predicted octanol–water partition coefficient (Wildman–Crippen LogP) is -1.78. The van der Waals surface area contributed by atoms with Gasteiger partial charge in [-0.15, -0.1) is 0 Å². The predicted molar refractivity (Wildman–Crippen MR) is 80.1 cm³/mol. The largest absolute Gasteiger partial charge is 1.00 e. The molecule has 0 aromatic heterocycles. The number of ether oxygens (including phenoxy) is 1. The third-order valence-electron chi connectivity index (χ3n) is 4.53. The maximum atomic E-state index is 6.38. The van der Waals surface area contributed by atoms with Crippen molar-refractivity contribution in [2.75, 3.05) is 6.61 Å². The van der Waals surface area contributed by atoms with Crippen molar-refractivity contribution >= 4 is 8.07 Å². The molecule has 2 aliphatic rings. The van der Waals surface area contributed by atoms with Gasteiger partial charge in [-0.05, 0) is 0 Å². The van der Waals surface area contributed by atoms with E-state index in [4.69, 9.17) is 4.74 Å². The first-order chi connectivity index (χ1) is 8.95. The Bertz CT molecular complexity index is 495. The van der Waals surface area contributed by atoms with Crippen LogP contribution in [0.15, 0.2) is 45.0 Å². The first-order valence-corrected chi connectivity index (χ1v) is 10.8. The van der Waals surface area contributed by atoms with Crippen molar-refractivity contribution in [2.24, 2.45) is 0 Å². The summed E-state index contributed by atoms with van der Waals surface area (Å²) in [4.78, 5) is 0. The standard InChI is InChI=1S/C16H23OSi.2ClH.Ti/c1-5-17-16(13-9-8-10-14(16)2)18(3,4)15-11-6-7-12-15;;;/h6,8-11H,5,7,13H2,1-4H3;2*1H;/q;;;+2/p-2. The van der Waals surface area contributed by atoms with Gasteiger partial charge in [-0.2, -0.15) is 0 Å². The van der Waals surface area contributed by atoms with Crippen LogP contribution >= 0.6 is 0 Å². The molecule has 115 valence electrons. The average molecular weight is 378 g/mol. The Balaban J connectivity index is 0.00000200. The first kappa shape index (κ1) is 21.4. The van der Waals surface area contributed by atoms with E-state index in [0.29, 0.717) is 0 Å². The van der Waals surface area contributed by atoms with E-state index >= 15 is 0 Å². The van der Waals surface area contributed by atoms with Gasteiger partial charge in [0.15, 0.2) is 0 Å². The van der Waals surface area contributed by atoms with Crippen LogP contribution in [-0.2, 0) is 25.2 Å². The number of allylic oxidation sites excluding steroid dienone is 6. The van der Waals surface area contributed by atoms with Gasteiger partial charge in [0.05, 0.1) is 0 Å². The second-order valence-electron chi connectivity index (χ2n) is 5.87. The molecule has 0 spiro atoms. The number of rotatable bonds is 4. The van der Waals surface area contributed by atoms with Crippen LogP contribution in [0, 0.1) is 0 Å². The van der Waals surface area contributed by atoms with Crippen LogP contribution in [0.5, 0.6) is 0 Å². The van der Waals surface area contributed by atoms with Gasteiger partial charge >= 0.3 is 130 Å². The van der Waals surface area contributed by atoms with E-state index in [1.54, 1.807) is 5.20 Å². The molecule has 5 heteroatoms. The van der Waals surface area contributed by atoms with Crippen molar-refractivity contribution < 1.29 is 50.0 Å². The molecule has 0 amide bonds. The molecule has 21 heavy (non-hydrogen) atoms. The zero-order valence-corrected chi connectivity index (χ0v) is 17.2. The fraction of sp³-hybridized carbons (Fsp3) is 0.500. The summed E-state index contributed by atoms with van der Waals surface area (Å²) in [5.74, 6) is 0. The van der Waals surface area contributed by atoms with Gasteiger partial charge in [-0.3, -0.25) is 0 Å². The minimum atomic E-state index is -1.72. The van der Waals surface area contributed by atoms with E-state index in [1.165, 1.54) is 9.45 Å². The third kappa shape index (κ3) is 3.68. The second-order valence-corrected chi connectivity index (χ2v) is 11.4. The van der Waals surface area contributed by atoms with Crippen molar-refractivity contribution in [1.82, 2.24) is 0 Å². The van der Waals surface area contributed by atoms with Gasteiger partial charge in [0.2, 0.25) is 0 Å². The molecule has 0 aliphatic heterocycles. The van der Waals surface area contributed by atoms with Crippen molar-refractivity contribution in [3.8, 4) is 0 Å². The molecule has 0 radical (unpaired) electrons. The van der Waals surface area contributed by atoms with Gasteiger partial charge in [-0.1, -0.05) is 0 Å². The van der Waals surface area contributed by atoms with E-state index in [-0.39, 0.29) is 30.0 Å². The van der Waals surface area contributed by atoms with Crippen LogP contribution in [0.4, 0.5) is 0 Å². The van der Waals surface area contributed by atoms with Crippen LogP contribution < -0.4 is 24.8 Å². The van der Waals surface area contributed by atoms with Gasteiger partial charge in [-0.25, -0.2) is 0 Å². The summed E-state index contributed by atoms with van der Waals surface area (Å²) in [6, 6.07) is 0. The third-order valence-corrected chi connectivity index (χ3v) is 10.2. The summed E-state index contributed by atoms with van der Waals surface area (Å²) in [5, 5.41) is 1.52. The summed E-state index contributed by atoms with van der Waals surface area (Å²) in [6.45, 7) is 10.1. The Labute approximate surface area is 154 Å². The number of halogens is 2. The molecule has 0 saturated heterocycles. The van der Waals surface area contributed by atoms with Crippen LogP contribution in [-0.4, -0.2) is 19.9 Å². The Hall–Kier alpha value is 0.431. The zero-order chi connectivity index (χ0) is 14.1. The normalized spacial score (nSPS) is 24.6. The average Bonchev–Trinajstić information content (AvgIpc) is 2.79. The fourth-order valence-electron chi connectivity index (χ4n) is 3.40. The Morgan fingerprint density at radius 1 is 1.29 bits per heavy atom. The molecule has 0 aromatic rings. The number of hydrogen-bond acceptors (Lipinski definition) is 1. The smallest absolute Gasteiger partial charge is 1.00 e. The fourth-order valence-corrected chi connectivity index (χ4v) is 9.20. The maximum Gasteiger partial charge on any atom is -1.00 e. The molecular weight excluding hydrogens is 355 g/mol. The summed E-state index contributed by atoms with van der Waals surface area (Å²) in [5.41, 5.74) is 1.40. The van der Waals surface area contributed by atoms with Gasteiger partial charge < -0.3 is 24.8 Å². The van der Waals surface area contributed by atoms with Gasteiger partial charge in [0.1, 0.15) is 0 Å². The van der Waals surface area contributed by atoms with Crippen molar-refractivity contribution in [2.45, 2.75) is 45.0 Å². The molecule has 1 unspecified atom stereocenters. The minimum Gasteiger partial charge on any atom is -1.00 e. The molecule has 2 rings (SSSR count). The van der Waals surface area contributed by atoms with E-state index in [2.05, 4.69) is 77.8 Å². The van der Waals surface area contributed by atoms with E-state index in [1.807, 2.05) is 0 Å². The summed E-state index contributed by atoms with van der Waals surface area (Å²) >= 11 is 2.28. The van der Waals surface area contributed by atoms with Crippen LogP contribution in [0.25, 0.3) is 0 Å².